The number of unbranched alkanes of at least 4 members (excludes halogenated alkanes) is 3. The zero-order valence-electron chi connectivity index (χ0n) is 14.3. The number of aromatic nitrogens is 3. The minimum atomic E-state index is 0.0298. The molecule has 0 unspecified atom stereocenters. The molecule has 0 spiro atoms. The number of hydrogen-bond donors (Lipinski definition) is 1. The van der Waals surface area contributed by atoms with Gasteiger partial charge in [-0.15, -0.1) is 10.2 Å². The van der Waals surface area contributed by atoms with Crippen molar-refractivity contribution in [1.29, 1.82) is 0 Å². The third-order valence-electron chi connectivity index (χ3n) is 4.21. The highest BCUT2D eigenvalue weighted by Crippen LogP contribution is 2.17. The predicted octanol–water partition coefficient (Wildman–Crippen LogP) is 4.15. The van der Waals surface area contributed by atoms with Crippen LogP contribution >= 0.6 is 0 Å². The van der Waals surface area contributed by atoms with Crippen LogP contribution in [-0.4, -0.2) is 21.3 Å². The Balaban J connectivity index is 2.48. The van der Waals surface area contributed by atoms with Crippen molar-refractivity contribution in [3.63, 3.8) is 0 Å². The van der Waals surface area contributed by atoms with E-state index in [2.05, 4.69) is 41.5 Å². The Labute approximate surface area is 134 Å². The third-order valence-corrected chi connectivity index (χ3v) is 4.21. The number of aryl methyl sites for hydroxylation is 1. The standard InChI is InChI=1S/C17H30N4O/c1-4-7-8-9-10-15-13-18-21-20-17(15)19-16(22)12-11-14(5-2)6-3/h13-14H,4-12H2,1-3H3,(H,18,19,20,22). The molecule has 1 amide bonds. The van der Waals surface area contributed by atoms with E-state index in [0.29, 0.717) is 18.2 Å². The summed E-state index contributed by atoms with van der Waals surface area (Å²) in [5, 5.41) is 14.4. The van der Waals surface area contributed by atoms with Gasteiger partial charge in [0.2, 0.25) is 5.91 Å². The Bertz CT molecular complexity index is 432. The highest BCUT2D eigenvalue weighted by Gasteiger charge is 2.11. The van der Waals surface area contributed by atoms with Crippen molar-refractivity contribution in [1.82, 2.24) is 15.4 Å². The van der Waals surface area contributed by atoms with Crippen LogP contribution in [0.5, 0.6) is 0 Å². The van der Waals surface area contributed by atoms with Crippen LogP contribution in [0.1, 0.15) is 77.7 Å². The van der Waals surface area contributed by atoms with Crippen LogP contribution in [0.2, 0.25) is 0 Å². The number of hydrogen-bond acceptors (Lipinski definition) is 4. The van der Waals surface area contributed by atoms with Crippen LogP contribution < -0.4 is 5.32 Å². The maximum Gasteiger partial charge on any atom is 0.225 e. The van der Waals surface area contributed by atoms with E-state index < -0.39 is 0 Å². The monoisotopic (exact) mass is 306 g/mol. The lowest BCUT2D eigenvalue weighted by Crippen LogP contribution is -2.16. The minimum absolute atomic E-state index is 0.0298. The van der Waals surface area contributed by atoms with Gasteiger partial charge in [0.1, 0.15) is 0 Å². The summed E-state index contributed by atoms with van der Waals surface area (Å²) in [6, 6.07) is 0. The van der Waals surface area contributed by atoms with E-state index in [9.17, 15) is 4.79 Å². The van der Waals surface area contributed by atoms with Crippen molar-refractivity contribution in [2.24, 2.45) is 5.92 Å². The van der Waals surface area contributed by atoms with Crippen molar-refractivity contribution in [3.05, 3.63) is 11.8 Å². The molecular weight excluding hydrogens is 276 g/mol. The number of carbonyl (C=O) groups is 1. The summed E-state index contributed by atoms with van der Waals surface area (Å²) in [6.07, 6.45) is 11.1. The first-order chi connectivity index (χ1) is 10.7. The zero-order valence-corrected chi connectivity index (χ0v) is 14.3. The normalized spacial score (nSPS) is 10.9. The molecule has 0 aliphatic heterocycles. The van der Waals surface area contributed by atoms with Crippen molar-refractivity contribution in [3.8, 4) is 0 Å². The quantitative estimate of drug-likeness (QED) is 0.624. The molecule has 1 aromatic heterocycles. The van der Waals surface area contributed by atoms with E-state index in [1.165, 1.54) is 19.3 Å². The summed E-state index contributed by atoms with van der Waals surface area (Å²) < 4.78 is 0. The topological polar surface area (TPSA) is 67.8 Å². The van der Waals surface area contributed by atoms with Gasteiger partial charge in [-0.3, -0.25) is 4.79 Å². The molecule has 0 aromatic carbocycles. The average molecular weight is 306 g/mol. The molecule has 5 heteroatoms. The highest BCUT2D eigenvalue weighted by atomic mass is 16.1. The van der Waals surface area contributed by atoms with Gasteiger partial charge >= 0.3 is 0 Å². The molecule has 0 aliphatic rings. The van der Waals surface area contributed by atoms with E-state index in [1.54, 1.807) is 6.20 Å². The first kappa shape index (κ1) is 18.5. The van der Waals surface area contributed by atoms with Crippen LogP contribution in [0.25, 0.3) is 0 Å². The van der Waals surface area contributed by atoms with Crippen molar-refractivity contribution < 1.29 is 4.79 Å². The van der Waals surface area contributed by atoms with Gasteiger partial charge < -0.3 is 5.32 Å². The van der Waals surface area contributed by atoms with Gasteiger partial charge in [0, 0.05) is 12.0 Å². The molecule has 1 N–H and O–H groups in total. The van der Waals surface area contributed by atoms with Crippen molar-refractivity contribution >= 4 is 11.7 Å². The Morgan fingerprint density at radius 2 is 1.95 bits per heavy atom. The van der Waals surface area contributed by atoms with Crippen LogP contribution in [0.15, 0.2) is 6.20 Å². The first-order valence-corrected chi connectivity index (χ1v) is 8.68. The maximum absolute atomic E-state index is 12.1. The van der Waals surface area contributed by atoms with Crippen LogP contribution in [0, 0.1) is 5.92 Å². The minimum Gasteiger partial charge on any atom is -0.309 e. The van der Waals surface area contributed by atoms with Gasteiger partial charge in [-0.05, 0) is 30.4 Å². The molecule has 0 radical (unpaired) electrons. The fourth-order valence-corrected chi connectivity index (χ4v) is 2.55. The van der Waals surface area contributed by atoms with Gasteiger partial charge in [-0.25, -0.2) is 0 Å². The molecule has 0 atom stereocenters. The number of rotatable bonds is 11. The SMILES string of the molecule is CCCCCCc1cnnnc1NC(=O)CCC(CC)CC. The van der Waals surface area contributed by atoms with E-state index in [-0.39, 0.29) is 5.91 Å². The maximum atomic E-state index is 12.1. The molecular formula is C17H30N4O. The highest BCUT2D eigenvalue weighted by molar-refractivity contribution is 5.90. The molecule has 5 nitrogen and oxygen atoms in total. The lowest BCUT2D eigenvalue weighted by Gasteiger charge is -2.12. The Morgan fingerprint density at radius 3 is 2.64 bits per heavy atom. The molecule has 0 bridgehead atoms. The second kappa shape index (κ2) is 11.1. The number of carbonyl (C=O) groups excluding carboxylic acids is 1. The van der Waals surface area contributed by atoms with Crippen LogP contribution in [0.4, 0.5) is 5.82 Å². The molecule has 22 heavy (non-hydrogen) atoms. The van der Waals surface area contributed by atoms with Gasteiger partial charge in [0.15, 0.2) is 5.82 Å². The molecule has 1 rings (SSSR count). The second-order valence-corrected chi connectivity index (χ2v) is 5.89. The molecule has 1 aromatic rings. The summed E-state index contributed by atoms with van der Waals surface area (Å²) in [7, 11) is 0. The molecule has 0 saturated carbocycles. The fraction of sp³-hybridized carbons (Fsp3) is 0.765. The summed E-state index contributed by atoms with van der Waals surface area (Å²) in [5.74, 6) is 1.24. The number of anilines is 1. The average Bonchev–Trinajstić information content (AvgIpc) is 2.54. The van der Waals surface area contributed by atoms with E-state index in [4.69, 9.17) is 0 Å². The smallest absolute Gasteiger partial charge is 0.225 e. The Morgan fingerprint density at radius 1 is 1.18 bits per heavy atom. The molecule has 0 aliphatic carbocycles. The molecule has 0 saturated heterocycles. The Hall–Kier alpha value is -1.52. The van der Waals surface area contributed by atoms with Gasteiger partial charge in [0.05, 0.1) is 6.20 Å². The van der Waals surface area contributed by atoms with E-state index in [1.807, 2.05) is 0 Å². The van der Waals surface area contributed by atoms with Crippen LogP contribution in [0.3, 0.4) is 0 Å². The first-order valence-electron chi connectivity index (χ1n) is 8.68. The third kappa shape index (κ3) is 6.96. The predicted molar refractivity (Wildman–Crippen MR) is 89.6 cm³/mol. The van der Waals surface area contributed by atoms with E-state index in [0.717, 1.165) is 37.7 Å². The largest absolute Gasteiger partial charge is 0.309 e. The fourth-order valence-electron chi connectivity index (χ4n) is 2.55. The molecule has 1 heterocycles. The van der Waals surface area contributed by atoms with Crippen molar-refractivity contribution in [2.75, 3.05) is 5.32 Å². The van der Waals surface area contributed by atoms with Crippen molar-refractivity contribution in [2.45, 2.75) is 78.6 Å². The summed E-state index contributed by atoms with van der Waals surface area (Å²) in [5.41, 5.74) is 0.988. The van der Waals surface area contributed by atoms with Crippen LogP contribution in [-0.2, 0) is 11.2 Å². The molecule has 0 fully saturated rings. The van der Waals surface area contributed by atoms with E-state index >= 15 is 0 Å². The molecule has 124 valence electrons. The van der Waals surface area contributed by atoms with Gasteiger partial charge in [0.25, 0.3) is 0 Å². The summed E-state index contributed by atoms with van der Waals surface area (Å²) >= 11 is 0. The van der Waals surface area contributed by atoms with Gasteiger partial charge in [-0.2, -0.15) is 0 Å². The lowest BCUT2D eigenvalue weighted by atomic mass is 9.97. The number of nitrogens with one attached hydrogen (secondary N) is 1. The zero-order chi connectivity index (χ0) is 16.2. The summed E-state index contributed by atoms with van der Waals surface area (Å²) in [6.45, 7) is 6.55. The number of amides is 1. The lowest BCUT2D eigenvalue weighted by molar-refractivity contribution is -0.116. The summed E-state index contributed by atoms with van der Waals surface area (Å²) in [4.78, 5) is 12.1. The number of nitrogens with zero attached hydrogens (tertiary/aromatic N) is 3. The Kier molecular flexibility index (Phi) is 9.35. The van der Waals surface area contributed by atoms with Gasteiger partial charge in [-0.1, -0.05) is 52.9 Å². The second-order valence-electron chi connectivity index (χ2n) is 5.89.